The molecule has 40 heavy (non-hydrogen) atoms. The van der Waals surface area contributed by atoms with E-state index in [1.165, 1.54) is 12.1 Å². The first-order chi connectivity index (χ1) is 19.4. The minimum Gasteiger partial charge on any atom is -0.506 e. The molecular formula is C34H24N2O4. The quantitative estimate of drug-likeness (QED) is 0.104. The van der Waals surface area contributed by atoms with Gasteiger partial charge in [0.15, 0.2) is 0 Å². The first kappa shape index (κ1) is 24.5. The summed E-state index contributed by atoms with van der Waals surface area (Å²) in [7, 11) is 0. The highest BCUT2D eigenvalue weighted by Gasteiger charge is 2.21. The third-order valence-electron chi connectivity index (χ3n) is 6.75. The molecule has 6 N–H and O–H groups in total. The molecule has 6 aromatic carbocycles. The number of hydrogen-bond donors (Lipinski definition) is 4. The van der Waals surface area contributed by atoms with Crippen LogP contribution < -0.4 is 20.9 Å². The molecule has 0 aliphatic rings. The lowest BCUT2D eigenvalue weighted by molar-refractivity contribution is 0.454. The molecule has 6 aromatic rings. The third kappa shape index (κ3) is 4.42. The number of nitrogen functional groups attached to an aromatic ring is 2. The van der Waals surface area contributed by atoms with E-state index in [-0.39, 0.29) is 22.9 Å². The summed E-state index contributed by atoms with van der Waals surface area (Å²) in [4.78, 5) is 0. The van der Waals surface area contributed by atoms with Crippen molar-refractivity contribution in [2.45, 2.75) is 0 Å². The molecule has 0 heterocycles. The fraction of sp³-hybridized carbons (Fsp3) is 0. The van der Waals surface area contributed by atoms with Crippen LogP contribution in [0.25, 0.3) is 32.7 Å². The molecule has 0 aromatic heterocycles. The molecule has 0 aliphatic heterocycles. The largest absolute Gasteiger partial charge is 0.506 e. The van der Waals surface area contributed by atoms with E-state index in [0.29, 0.717) is 28.6 Å². The SMILES string of the molecule is C#Cc1ccc2ccc(Oc3ccc(N)c(O)c3)c(-c3c(Oc4ccc(N)c(O)c4)ccc4ccccc34)c2c1. The summed E-state index contributed by atoms with van der Waals surface area (Å²) in [5, 5.41) is 24.1. The van der Waals surface area contributed by atoms with Gasteiger partial charge in [-0.25, -0.2) is 0 Å². The number of phenols is 2. The monoisotopic (exact) mass is 524 g/mol. The fourth-order valence-corrected chi connectivity index (χ4v) is 4.75. The summed E-state index contributed by atoms with van der Waals surface area (Å²) in [6, 6.07) is 31.0. The van der Waals surface area contributed by atoms with Gasteiger partial charge in [0.05, 0.1) is 11.4 Å². The average molecular weight is 525 g/mol. The Hall–Kier alpha value is -5.80. The van der Waals surface area contributed by atoms with E-state index in [4.69, 9.17) is 27.4 Å². The van der Waals surface area contributed by atoms with Gasteiger partial charge < -0.3 is 31.2 Å². The van der Waals surface area contributed by atoms with Gasteiger partial charge in [-0.15, -0.1) is 6.42 Å². The second-order valence-electron chi connectivity index (χ2n) is 9.32. The summed E-state index contributed by atoms with van der Waals surface area (Å²) >= 11 is 0. The van der Waals surface area contributed by atoms with Gasteiger partial charge >= 0.3 is 0 Å². The van der Waals surface area contributed by atoms with E-state index in [0.717, 1.165) is 32.7 Å². The van der Waals surface area contributed by atoms with Crippen LogP contribution in [0.15, 0.2) is 103 Å². The first-order valence-corrected chi connectivity index (χ1v) is 12.5. The summed E-state index contributed by atoms with van der Waals surface area (Å²) in [5.74, 6) is 4.45. The molecule has 0 amide bonds. The van der Waals surface area contributed by atoms with Gasteiger partial charge in [0.2, 0.25) is 0 Å². The van der Waals surface area contributed by atoms with Crippen molar-refractivity contribution < 1.29 is 19.7 Å². The first-order valence-electron chi connectivity index (χ1n) is 12.5. The van der Waals surface area contributed by atoms with E-state index in [9.17, 15) is 10.2 Å². The van der Waals surface area contributed by atoms with Crippen molar-refractivity contribution in [1.82, 2.24) is 0 Å². The molecule has 6 heteroatoms. The van der Waals surface area contributed by atoms with E-state index < -0.39 is 0 Å². The zero-order chi connectivity index (χ0) is 27.8. The molecule has 6 rings (SSSR count). The van der Waals surface area contributed by atoms with Crippen molar-refractivity contribution in [3.63, 3.8) is 0 Å². The van der Waals surface area contributed by atoms with Gasteiger partial charge in [-0.2, -0.15) is 0 Å². The Morgan fingerprint density at radius 2 is 1.10 bits per heavy atom. The normalized spacial score (nSPS) is 10.9. The molecule has 0 saturated heterocycles. The standard InChI is InChI=1S/C34H24N2O4/c1-2-20-7-8-22-10-16-32(40-24-12-14-28(36)30(38)19-24)34(26(22)17-20)33-25-6-4-3-5-21(25)9-15-31(33)39-23-11-13-27(35)29(37)18-23/h1,3-19,37-38H,35-36H2. The number of hydrogen-bond acceptors (Lipinski definition) is 6. The maximum absolute atomic E-state index is 10.2. The molecule has 0 atom stereocenters. The number of fused-ring (bicyclic) bond motifs is 2. The van der Waals surface area contributed by atoms with Crippen molar-refractivity contribution in [1.29, 1.82) is 0 Å². The second kappa shape index (κ2) is 9.82. The van der Waals surface area contributed by atoms with Crippen LogP contribution in [0, 0.1) is 12.3 Å². The predicted molar refractivity (Wildman–Crippen MR) is 160 cm³/mol. The fourth-order valence-electron chi connectivity index (χ4n) is 4.75. The van der Waals surface area contributed by atoms with Gasteiger partial charge in [0, 0.05) is 28.8 Å². The lowest BCUT2D eigenvalue weighted by Gasteiger charge is -2.20. The predicted octanol–water partition coefficient (Wildman–Crippen LogP) is 7.80. The Balaban J connectivity index is 1.66. The van der Waals surface area contributed by atoms with E-state index in [2.05, 4.69) is 5.92 Å². The van der Waals surface area contributed by atoms with Crippen LogP contribution in [0.5, 0.6) is 34.5 Å². The van der Waals surface area contributed by atoms with Crippen molar-refractivity contribution in [3.05, 3.63) is 109 Å². The summed E-state index contributed by atoms with van der Waals surface area (Å²) in [6.45, 7) is 0. The number of rotatable bonds is 5. The molecule has 0 spiro atoms. The lowest BCUT2D eigenvalue weighted by Crippen LogP contribution is -1.96. The van der Waals surface area contributed by atoms with Gasteiger partial charge in [0.25, 0.3) is 0 Å². The number of benzene rings is 6. The summed E-state index contributed by atoms with van der Waals surface area (Å²) < 4.78 is 12.8. The third-order valence-corrected chi connectivity index (χ3v) is 6.75. The van der Waals surface area contributed by atoms with Crippen molar-refractivity contribution >= 4 is 32.9 Å². The van der Waals surface area contributed by atoms with Gasteiger partial charge in [-0.05, 0) is 70.1 Å². The Bertz CT molecular complexity index is 1970. The molecule has 0 radical (unpaired) electrons. The van der Waals surface area contributed by atoms with E-state index in [1.54, 1.807) is 24.3 Å². The maximum atomic E-state index is 10.2. The van der Waals surface area contributed by atoms with Gasteiger partial charge in [0.1, 0.15) is 34.5 Å². The van der Waals surface area contributed by atoms with Crippen LogP contribution in [0.3, 0.4) is 0 Å². The zero-order valence-electron chi connectivity index (χ0n) is 21.3. The molecule has 0 saturated carbocycles. The number of ether oxygens (including phenoxy) is 2. The van der Waals surface area contributed by atoms with Crippen LogP contribution in [0.4, 0.5) is 11.4 Å². The van der Waals surface area contributed by atoms with Crippen molar-refractivity contribution in [2.75, 3.05) is 11.5 Å². The number of aromatic hydroxyl groups is 2. The Labute approximate surface area is 230 Å². The van der Waals surface area contributed by atoms with Crippen LogP contribution in [-0.2, 0) is 0 Å². The zero-order valence-corrected chi connectivity index (χ0v) is 21.3. The Kier molecular flexibility index (Phi) is 6.02. The van der Waals surface area contributed by atoms with Crippen molar-refractivity contribution in [3.8, 4) is 58.0 Å². The molecule has 194 valence electrons. The summed E-state index contributed by atoms with van der Waals surface area (Å²) in [6.07, 6.45) is 5.79. The number of nitrogens with two attached hydrogens (primary N) is 2. The second-order valence-corrected chi connectivity index (χ2v) is 9.32. The molecule has 0 bridgehead atoms. The minimum atomic E-state index is -0.0770. The minimum absolute atomic E-state index is 0.0733. The molecule has 6 nitrogen and oxygen atoms in total. The molecular weight excluding hydrogens is 500 g/mol. The smallest absolute Gasteiger partial charge is 0.142 e. The highest BCUT2D eigenvalue weighted by atomic mass is 16.5. The maximum Gasteiger partial charge on any atom is 0.142 e. The van der Waals surface area contributed by atoms with E-state index >= 15 is 0 Å². The Morgan fingerprint density at radius 3 is 1.68 bits per heavy atom. The highest BCUT2D eigenvalue weighted by Crippen LogP contribution is 2.48. The topological polar surface area (TPSA) is 111 Å². The molecule has 0 fully saturated rings. The average Bonchev–Trinajstić information content (AvgIpc) is 2.97. The number of anilines is 2. The van der Waals surface area contributed by atoms with Gasteiger partial charge in [-0.1, -0.05) is 48.4 Å². The number of terminal acetylenes is 1. The van der Waals surface area contributed by atoms with Crippen LogP contribution in [-0.4, -0.2) is 10.2 Å². The lowest BCUT2D eigenvalue weighted by atomic mass is 9.91. The molecule has 0 aliphatic carbocycles. The van der Waals surface area contributed by atoms with E-state index in [1.807, 2.05) is 66.7 Å². The van der Waals surface area contributed by atoms with Gasteiger partial charge in [-0.3, -0.25) is 0 Å². The Morgan fingerprint density at radius 1 is 0.575 bits per heavy atom. The molecule has 0 unspecified atom stereocenters. The van der Waals surface area contributed by atoms with Crippen molar-refractivity contribution in [2.24, 2.45) is 0 Å². The summed E-state index contributed by atoms with van der Waals surface area (Å²) in [5.41, 5.74) is 14.4. The van der Waals surface area contributed by atoms with Crippen LogP contribution in [0.2, 0.25) is 0 Å². The van der Waals surface area contributed by atoms with Crippen LogP contribution >= 0.6 is 0 Å². The number of phenolic OH excluding ortho intramolecular Hbond substituents is 2. The van der Waals surface area contributed by atoms with Crippen LogP contribution in [0.1, 0.15) is 5.56 Å². The highest BCUT2D eigenvalue weighted by molar-refractivity contribution is 6.10.